The first-order valence-electron chi connectivity index (χ1n) is 9.70. The monoisotopic (exact) mass is 394 g/mol. The van der Waals surface area contributed by atoms with E-state index in [-0.39, 0.29) is 13.0 Å². The Hall–Kier alpha value is -3.12. The van der Waals surface area contributed by atoms with Crippen molar-refractivity contribution >= 4 is 11.7 Å². The highest BCUT2D eigenvalue weighted by molar-refractivity contribution is 5.79. The van der Waals surface area contributed by atoms with Crippen molar-refractivity contribution in [1.29, 1.82) is 0 Å². The molecule has 0 saturated heterocycles. The summed E-state index contributed by atoms with van der Waals surface area (Å²) in [4.78, 5) is 13.3. The Kier molecular flexibility index (Phi) is 6.67. The normalized spacial score (nSPS) is 10.9. The molecule has 6 nitrogen and oxygen atoms in total. The van der Waals surface area contributed by atoms with Crippen molar-refractivity contribution in [3.05, 3.63) is 59.8 Å². The van der Waals surface area contributed by atoms with Crippen LogP contribution in [0.15, 0.2) is 53.1 Å². The lowest BCUT2D eigenvalue weighted by atomic mass is 9.96. The SMILES string of the molecule is Cc1noc(-c2ccc(-c3ccccc3CC(=O)O)cc2)c1N(C)CCCCO. The Morgan fingerprint density at radius 3 is 2.45 bits per heavy atom. The highest BCUT2D eigenvalue weighted by Gasteiger charge is 2.19. The van der Waals surface area contributed by atoms with Crippen molar-refractivity contribution in [2.45, 2.75) is 26.2 Å². The van der Waals surface area contributed by atoms with Gasteiger partial charge in [-0.2, -0.15) is 0 Å². The van der Waals surface area contributed by atoms with Gasteiger partial charge < -0.3 is 19.6 Å². The zero-order chi connectivity index (χ0) is 20.8. The molecular formula is C23H26N2O4. The molecular weight excluding hydrogens is 368 g/mol. The highest BCUT2D eigenvalue weighted by atomic mass is 16.5. The number of anilines is 1. The molecule has 0 bridgehead atoms. The van der Waals surface area contributed by atoms with Crippen LogP contribution >= 0.6 is 0 Å². The number of aromatic nitrogens is 1. The van der Waals surface area contributed by atoms with Crippen LogP contribution in [0.3, 0.4) is 0 Å². The molecule has 0 unspecified atom stereocenters. The van der Waals surface area contributed by atoms with E-state index in [1.807, 2.05) is 62.5 Å². The molecule has 152 valence electrons. The second-order valence-electron chi connectivity index (χ2n) is 7.10. The van der Waals surface area contributed by atoms with Crippen molar-refractivity contribution in [3.8, 4) is 22.5 Å². The van der Waals surface area contributed by atoms with Crippen molar-refractivity contribution < 1.29 is 19.5 Å². The van der Waals surface area contributed by atoms with Gasteiger partial charge in [0.25, 0.3) is 0 Å². The number of aliphatic hydroxyl groups excluding tert-OH is 1. The van der Waals surface area contributed by atoms with E-state index in [1.165, 1.54) is 0 Å². The van der Waals surface area contributed by atoms with Gasteiger partial charge in [0.2, 0.25) is 0 Å². The number of rotatable bonds is 9. The summed E-state index contributed by atoms with van der Waals surface area (Å²) in [5.74, 6) is -0.139. The average Bonchev–Trinajstić information content (AvgIpc) is 3.10. The maximum Gasteiger partial charge on any atom is 0.307 e. The topological polar surface area (TPSA) is 86.8 Å². The molecule has 1 aromatic heterocycles. The molecule has 2 N–H and O–H groups in total. The van der Waals surface area contributed by atoms with Gasteiger partial charge in [0.05, 0.1) is 6.42 Å². The van der Waals surface area contributed by atoms with E-state index in [1.54, 1.807) is 0 Å². The minimum absolute atomic E-state index is 0.0119. The van der Waals surface area contributed by atoms with E-state index in [0.29, 0.717) is 5.76 Å². The van der Waals surface area contributed by atoms with Crippen molar-refractivity contribution in [3.63, 3.8) is 0 Å². The van der Waals surface area contributed by atoms with Gasteiger partial charge in [-0.15, -0.1) is 0 Å². The van der Waals surface area contributed by atoms with Crippen LogP contribution in [-0.2, 0) is 11.2 Å². The number of aryl methyl sites for hydroxylation is 1. The lowest BCUT2D eigenvalue weighted by molar-refractivity contribution is -0.136. The minimum atomic E-state index is -0.847. The third-order valence-corrected chi connectivity index (χ3v) is 4.93. The first kappa shape index (κ1) is 20.6. The van der Waals surface area contributed by atoms with Crippen LogP contribution in [0, 0.1) is 6.92 Å². The highest BCUT2D eigenvalue weighted by Crippen LogP contribution is 2.35. The van der Waals surface area contributed by atoms with Gasteiger partial charge in [-0.05, 0) is 36.5 Å². The van der Waals surface area contributed by atoms with Gasteiger partial charge in [-0.3, -0.25) is 4.79 Å². The van der Waals surface area contributed by atoms with Gasteiger partial charge in [0, 0.05) is 25.8 Å². The number of hydrogen-bond donors (Lipinski definition) is 2. The minimum Gasteiger partial charge on any atom is -0.481 e. The van der Waals surface area contributed by atoms with Crippen LogP contribution in [0.2, 0.25) is 0 Å². The summed E-state index contributed by atoms with van der Waals surface area (Å²) in [5, 5.41) is 22.3. The van der Waals surface area contributed by atoms with Gasteiger partial charge in [-0.25, -0.2) is 0 Å². The first-order valence-corrected chi connectivity index (χ1v) is 9.70. The number of aliphatic hydroxyl groups is 1. The molecule has 0 aliphatic heterocycles. The fraction of sp³-hybridized carbons (Fsp3) is 0.304. The number of benzene rings is 2. The second-order valence-corrected chi connectivity index (χ2v) is 7.10. The number of aliphatic carboxylic acids is 1. The van der Waals surface area contributed by atoms with Crippen molar-refractivity contribution in [1.82, 2.24) is 5.16 Å². The summed E-state index contributed by atoms with van der Waals surface area (Å²) >= 11 is 0. The Morgan fingerprint density at radius 1 is 1.07 bits per heavy atom. The van der Waals surface area contributed by atoms with Crippen LogP contribution in [0.25, 0.3) is 22.5 Å². The number of nitrogens with zero attached hydrogens (tertiary/aromatic N) is 2. The average molecular weight is 394 g/mol. The van der Waals surface area contributed by atoms with Gasteiger partial charge >= 0.3 is 5.97 Å². The third kappa shape index (κ3) is 4.84. The molecule has 0 spiro atoms. The van der Waals surface area contributed by atoms with E-state index in [4.69, 9.17) is 14.7 Å². The molecule has 1 heterocycles. The standard InChI is InChI=1S/C23H26N2O4/c1-16-22(25(2)13-5-6-14-26)23(29-24-16)18-11-9-17(10-12-18)20-8-4-3-7-19(20)15-21(27)28/h3-4,7-12,26H,5-6,13-15H2,1-2H3,(H,27,28). The lowest BCUT2D eigenvalue weighted by Gasteiger charge is -2.19. The van der Waals surface area contributed by atoms with E-state index in [2.05, 4.69) is 10.1 Å². The van der Waals surface area contributed by atoms with E-state index in [0.717, 1.165) is 53.0 Å². The number of carbonyl (C=O) groups is 1. The smallest absolute Gasteiger partial charge is 0.307 e. The fourth-order valence-electron chi connectivity index (χ4n) is 3.50. The molecule has 3 rings (SSSR count). The first-order chi connectivity index (χ1) is 14.0. The molecule has 0 radical (unpaired) electrons. The van der Waals surface area contributed by atoms with E-state index in [9.17, 15) is 4.79 Å². The van der Waals surface area contributed by atoms with Crippen LogP contribution in [0.4, 0.5) is 5.69 Å². The molecule has 0 aliphatic rings. The Bertz CT molecular complexity index is 963. The third-order valence-electron chi connectivity index (χ3n) is 4.93. The number of unbranched alkanes of at least 4 members (excludes halogenated alkanes) is 1. The molecule has 0 saturated carbocycles. The summed E-state index contributed by atoms with van der Waals surface area (Å²) < 4.78 is 5.61. The summed E-state index contributed by atoms with van der Waals surface area (Å²) in [5.41, 5.74) is 5.34. The van der Waals surface area contributed by atoms with Crippen LogP contribution in [0.1, 0.15) is 24.1 Å². The van der Waals surface area contributed by atoms with Crippen molar-refractivity contribution in [2.75, 3.05) is 25.1 Å². The van der Waals surface area contributed by atoms with E-state index < -0.39 is 5.97 Å². The van der Waals surface area contributed by atoms with Gasteiger partial charge in [0.15, 0.2) is 5.76 Å². The quantitative estimate of drug-likeness (QED) is 0.530. The Morgan fingerprint density at radius 2 is 1.76 bits per heavy atom. The Balaban J connectivity index is 1.88. The summed E-state index contributed by atoms with van der Waals surface area (Å²) in [6, 6.07) is 15.4. The van der Waals surface area contributed by atoms with Crippen molar-refractivity contribution in [2.24, 2.45) is 0 Å². The Labute approximate surface area is 170 Å². The maximum atomic E-state index is 11.2. The van der Waals surface area contributed by atoms with Crippen LogP contribution in [0.5, 0.6) is 0 Å². The van der Waals surface area contributed by atoms with Gasteiger partial charge in [0.1, 0.15) is 11.4 Å². The molecule has 0 atom stereocenters. The summed E-state index contributed by atoms with van der Waals surface area (Å²) in [6.07, 6.45) is 1.63. The van der Waals surface area contributed by atoms with Crippen LogP contribution in [-0.4, -0.2) is 41.5 Å². The number of carboxylic acids is 1. The predicted octanol–water partition coefficient (Wildman–Crippen LogP) is 4.15. The zero-order valence-electron chi connectivity index (χ0n) is 16.8. The molecule has 2 aromatic carbocycles. The van der Waals surface area contributed by atoms with Gasteiger partial charge in [-0.1, -0.05) is 53.7 Å². The maximum absolute atomic E-state index is 11.2. The fourth-order valence-corrected chi connectivity index (χ4v) is 3.50. The molecule has 3 aromatic rings. The molecule has 29 heavy (non-hydrogen) atoms. The summed E-state index contributed by atoms with van der Waals surface area (Å²) in [6.45, 7) is 2.91. The lowest BCUT2D eigenvalue weighted by Crippen LogP contribution is -2.19. The van der Waals surface area contributed by atoms with Crippen LogP contribution < -0.4 is 4.90 Å². The predicted molar refractivity (Wildman–Crippen MR) is 113 cm³/mol. The molecule has 0 fully saturated rings. The largest absolute Gasteiger partial charge is 0.481 e. The number of hydrogen-bond acceptors (Lipinski definition) is 5. The molecule has 0 aliphatic carbocycles. The zero-order valence-corrected chi connectivity index (χ0v) is 16.8. The second kappa shape index (κ2) is 9.39. The molecule has 0 amide bonds. The van der Waals surface area contributed by atoms with E-state index >= 15 is 0 Å². The summed E-state index contributed by atoms with van der Waals surface area (Å²) in [7, 11) is 2.00. The number of carboxylic acid groups (broad SMARTS) is 1. The molecule has 6 heteroatoms.